The van der Waals surface area contributed by atoms with Gasteiger partial charge in [-0.2, -0.15) is 0 Å². The molecule has 0 aliphatic rings. The summed E-state index contributed by atoms with van der Waals surface area (Å²) in [4.78, 5) is 11.6. The maximum Gasteiger partial charge on any atom is 0.218 e. The smallest absolute Gasteiger partial charge is 0.218 e. The molecule has 1 atom stereocenters. The highest BCUT2D eigenvalue weighted by Gasteiger charge is 2.24. The molecule has 1 unspecified atom stereocenters. The first-order chi connectivity index (χ1) is 14.0. The van der Waals surface area contributed by atoms with Crippen molar-refractivity contribution in [1.82, 2.24) is 14.8 Å². The number of carbonyl (C=O) groups excluding carboxylic acids is 1. The summed E-state index contributed by atoms with van der Waals surface area (Å²) < 4.78 is 2.01. The van der Waals surface area contributed by atoms with Gasteiger partial charge in [0.2, 0.25) is 5.91 Å². The van der Waals surface area contributed by atoms with Crippen molar-refractivity contribution in [2.24, 2.45) is 5.73 Å². The number of thioether (sulfide) groups is 1. The molecule has 0 bridgehead atoms. The van der Waals surface area contributed by atoms with Crippen molar-refractivity contribution < 1.29 is 4.79 Å². The van der Waals surface area contributed by atoms with Crippen molar-refractivity contribution in [2.75, 3.05) is 0 Å². The van der Waals surface area contributed by atoms with Gasteiger partial charge >= 0.3 is 0 Å². The molecule has 2 aromatic carbocycles. The Bertz CT molecular complexity index is 988. The number of carbonyl (C=O) groups is 1. The van der Waals surface area contributed by atoms with E-state index >= 15 is 0 Å². The van der Waals surface area contributed by atoms with Crippen LogP contribution >= 0.6 is 23.4 Å². The lowest BCUT2D eigenvalue weighted by molar-refractivity contribution is -0.118. The quantitative estimate of drug-likeness (QED) is 0.470. The Kier molecular flexibility index (Phi) is 7.34. The fourth-order valence-corrected chi connectivity index (χ4v) is 4.45. The van der Waals surface area contributed by atoms with Gasteiger partial charge in [-0.15, -0.1) is 10.2 Å². The van der Waals surface area contributed by atoms with Crippen LogP contribution in [0.2, 0.25) is 5.02 Å². The summed E-state index contributed by atoms with van der Waals surface area (Å²) in [7, 11) is 0. The Morgan fingerprint density at radius 1 is 1.21 bits per heavy atom. The van der Waals surface area contributed by atoms with Gasteiger partial charge in [0, 0.05) is 23.1 Å². The molecule has 1 aromatic heterocycles. The predicted molar refractivity (Wildman–Crippen MR) is 119 cm³/mol. The van der Waals surface area contributed by atoms with E-state index in [1.54, 1.807) is 11.8 Å². The van der Waals surface area contributed by atoms with Gasteiger partial charge in [-0.05, 0) is 37.1 Å². The molecule has 0 spiro atoms. The average Bonchev–Trinajstić information content (AvgIpc) is 3.10. The number of hydrogen-bond donors (Lipinski definition) is 1. The lowest BCUT2D eigenvalue weighted by atomic mass is 9.98. The molecule has 0 fully saturated rings. The molecule has 152 valence electrons. The van der Waals surface area contributed by atoms with Crippen LogP contribution in [0.5, 0.6) is 0 Å². The highest BCUT2D eigenvalue weighted by molar-refractivity contribution is 7.98. The minimum Gasteiger partial charge on any atom is -0.370 e. The second-order valence-corrected chi connectivity index (χ2v) is 8.47. The third-order valence-electron chi connectivity index (χ3n) is 4.63. The molecule has 5 nitrogen and oxygen atoms in total. The molecule has 2 N–H and O–H groups in total. The first-order valence-corrected chi connectivity index (χ1v) is 11.0. The van der Waals surface area contributed by atoms with E-state index in [1.807, 2.05) is 28.8 Å². The van der Waals surface area contributed by atoms with Crippen LogP contribution in [0, 0.1) is 6.92 Å². The zero-order chi connectivity index (χ0) is 20.8. The number of rotatable bonds is 9. The van der Waals surface area contributed by atoms with Gasteiger partial charge in [-0.1, -0.05) is 72.6 Å². The molecule has 29 heavy (non-hydrogen) atoms. The maximum atomic E-state index is 11.6. The number of amides is 1. The molecule has 0 aliphatic carbocycles. The number of primary amides is 1. The Morgan fingerprint density at radius 2 is 2.00 bits per heavy atom. The summed E-state index contributed by atoms with van der Waals surface area (Å²) in [5.41, 5.74) is 8.84. The monoisotopic (exact) mass is 428 g/mol. The topological polar surface area (TPSA) is 73.8 Å². The molecule has 0 saturated carbocycles. The largest absolute Gasteiger partial charge is 0.370 e. The van der Waals surface area contributed by atoms with Crippen LogP contribution in [-0.2, 0) is 10.5 Å². The first kappa shape index (κ1) is 21.4. The van der Waals surface area contributed by atoms with E-state index in [4.69, 9.17) is 17.3 Å². The predicted octanol–water partition coefficient (Wildman–Crippen LogP) is 5.28. The zero-order valence-electron chi connectivity index (χ0n) is 16.6. The lowest BCUT2D eigenvalue weighted by Crippen LogP contribution is -2.18. The number of nitrogens with zero attached hydrogens (tertiary/aromatic N) is 3. The molecule has 7 heteroatoms. The molecular formula is C22H25ClN4OS. The second-order valence-electron chi connectivity index (χ2n) is 7.09. The van der Waals surface area contributed by atoms with E-state index in [2.05, 4.69) is 48.3 Å². The van der Waals surface area contributed by atoms with Crippen molar-refractivity contribution in [3.63, 3.8) is 0 Å². The molecule has 3 rings (SSSR count). The summed E-state index contributed by atoms with van der Waals surface area (Å²) >= 11 is 7.86. The molecule has 1 amide bonds. The Balaban J connectivity index is 1.99. The van der Waals surface area contributed by atoms with Crippen LogP contribution in [0.4, 0.5) is 0 Å². The van der Waals surface area contributed by atoms with Crippen LogP contribution in [0.1, 0.15) is 49.1 Å². The van der Waals surface area contributed by atoms with Crippen molar-refractivity contribution in [3.8, 4) is 5.69 Å². The normalized spacial score (nSPS) is 12.1. The third kappa shape index (κ3) is 5.61. The van der Waals surface area contributed by atoms with Crippen LogP contribution in [0.25, 0.3) is 5.69 Å². The summed E-state index contributed by atoms with van der Waals surface area (Å²) in [5.74, 6) is 1.10. The summed E-state index contributed by atoms with van der Waals surface area (Å²) in [6, 6.07) is 16.0. The summed E-state index contributed by atoms with van der Waals surface area (Å²) in [5, 5.41) is 10.3. The van der Waals surface area contributed by atoms with Gasteiger partial charge in [0.1, 0.15) is 5.82 Å². The standard InChI is InChI=1S/C22H25ClN4OS/c1-3-6-17(12-20(24)28)21-25-26-22(27(21)19-10-5-9-18(23)13-19)29-14-16-8-4-7-15(2)11-16/h4-5,7-11,13,17H,3,6,12,14H2,1-2H3,(H2,24,28). The highest BCUT2D eigenvalue weighted by atomic mass is 35.5. The van der Waals surface area contributed by atoms with Crippen molar-refractivity contribution >= 4 is 29.3 Å². The van der Waals surface area contributed by atoms with Gasteiger partial charge in [-0.3, -0.25) is 9.36 Å². The number of nitrogens with two attached hydrogens (primary N) is 1. The van der Waals surface area contributed by atoms with Crippen molar-refractivity contribution in [3.05, 3.63) is 70.5 Å². The van der Waals surface area contributed by atoms with Crippen LogP contribution in [0.15, 0.2) is 53.7 Å². The highest BCUT2D eigenvalue weighted by Crippen LogP contribution is 2.32. The molecular weight excluding hydrogens is 404 g/mol. The Morgan fingerprint density at radius 3 is 2.69 bits per heavy atom. The number of benzene rings is 2. The van der Waals surface area contributed by atoms with E-state index in [0.717, 1.165) is 35.3 Å². The van der Waals surface area contributed by atoms with Gasteiger partial charge in [0.15, 0.2) is 5.16 Å². The molecule has 0 aliphatic heterocycles. The van der Waals surface area contributed by atoms with Crippen LogP contribution < -0.4 is 5.73 Å². The minimum atomic E-state index is -0.335. The van der Waals surface area contributed by atoms with E-state index in [1.165, 1.54) is 11.1 Å². The molecule has 3 aromatic rings. The second kappa shape index (κ2) is 9.94. The van der Waals surface area contributed by atoms with Crippen molar-refractivity contribution in [2.45, 2.75) is 49.9 Å². The van der Waals surface area contributed by atoms with Gasteiger partial charge in [-0.25, -0.2) is 0 Å². The van der Waals surface area contributed by atoms with E-state index < -0.39 is 0 Å². The van der Waals surface area contributed by atoms with Crippen molar-refractivity contribution in [1.29, 1.82) is 0 Å². The Hall–Kier alpha value is -2.31. The third-order valence-corrected chi connectivity index (χ3v) is 5.86. The zero-order valence-corrected chi connectivity index (χ0v) is 18.2. The summed E-state index contributed by atoms with van der Waals surface area (Å²) in [6.45, 7) is 4.17. The van der Waals surface area contributed by atoms with E-state index in [0.29, 0.717) is 5.02 Å². The van der Waals surface area contributed by atoms with Gasteiger partial charge < -0.3 is 5.73 Å². The SMILES string of the molecule is CCCC(CC(N)=O)c1nnc(SCc2cccc(C)c2)n1-c1cccc(Cl)c1. The number of hydrogen-bond acceptors (Lipinski definition) is 4. The number of aromatic nitrogens is 3. The fourth-order valence-electron chi connectivity index (χ4n) is 3.36. The maximum absolute atomic E-state index is 11.6. The Labute approximate surface area is 180 Å². The van der Waals surface area contributed by atoms with Gasteiger partial charge in [0.05, 0.1) is 5.69 Å². The van der Waals surface area contributed by atoms with Crippen LogP contribution in [0.3, 0.4) is 0 Å². The lowest BCUT2D eigenvalue weighted by Gasteiger charge is -2.17. The number of aryl methyl sites for hydroxylation is 1. The average molecular weight is 429 g/mol. The number of halogens is 1. The first-order valence-electron chi connectivity index (χ1n) is 9.65. The van der Waals surface area contributed by atoms with E-state index in [9.17, 15) is 4.79 Å². The molecule has 0 radical (unpaired) electrons. The van der Waals surface area contributed by atoms with E-state index in [-0.39, 0.29) is 18.2 Å². The minimum absolute atomic E-state index is 0.0858. The fraction of sp³-hybridized carbons (Fsp3) is 0.318. The van der Waals surface area contributed by atoms with Crippen LogP contribution in [-0.4, -0.2) is 20.7 Å². The molecule has 0 saturated heterocycles. The van der Waals surface area contributed by atoms with Gasteiger partial charge in [0.25, 0.3) is 0 Å². The molecule has 1 heterocycles. The summed E-state index contributed by atoms with van der Waals surface area (Å²) in [6.07, 6.45) is 1.98.